The molecule has 0 fully saturated rings. The van der Waals surface area contributed by atoms with Gasteiger partial charge in [-0.2, -0.15) is 13.2 Å². The number of aromatic carboxylic acids is 1. The maximum absolute atomic E-state index is 12.4. The lowest BCUT2D eigenvalue weighted by atomic mass is 10.1. The van der Waals surface area contributed by atoms with Crippen LogP contribution in [0.4, 0.5) is 13.2 Å². The summed E-state index contributed by atoms with van der Waals surface area (Å²) in [7, 11) is 0. The number of alkyl halides is 3. The summed E-state index contributed by atoms with van der Waals surface area (Å²) in [4.78, 5) is 15.1. The number of halogens is 3. The van der Waals surface area contributed by atoms with Crippen molar-refractivity contribution in [1.29, 1.82) is 0 Å². The number of hydrogen-bond acceptors (Lipinski definition) is 3. The molecule has 0 atom stereocenters. The van der Waals surface area contributed by atoms with E-state index in [0.717, 1.165) is 0 Å². The molecule has 0 saturated carbocycles. The van der Waals surface area contributed by atoms with E-state index in [4.69, 9.17) is 9.84 Å². The SMILES string of the molecule is O=C(O)c1cn2cccc(-c3ccccc3OCC(F)(F)F)c2n1. The molecule has 2 aromatic heterocycles. The molecule has 0 bridgehead atoms. The Morgan fingerprint density at radius 3 is 2.58 bits per heavy atom. The highest BCUT2D eigenvalue weighted by Crippen LogP contribution is 2.33. The second kappa shape index (κ2) is 5.88. The minimum Gasteiger partial charge on any atom is -0.483 e. The van der Waals surface area contributed by atoms with Crippen LogP contribution in [0, 0.1) is 0 Å². The molecule has 5 nitrogen and oxygen atoms in total. The molecular formula is C16H11F3N2O3. The Labute approximate surface area is 133 Å². The van der Waals surface area contributed by atoms with E-state index in [1.807, 2.05) is 0 Å². The van der Waals surface area contributed by atoms with Gasteiger partial charge in [0.2, 0.25) is 0 Å². The fraction of sp³-hybridized carbons (Fsp3) is 0.125. The Balaban J connectivity index is 2.09. The van der Waals surface area contributed by atoms with E-state index in [9.17, 15) is 18.0 Å². The van der Waals surface area contributed by atoms with Gasteiger partial charge in [0, 0.05) is 23.5 Å². The third kappa shape index (κ3) is 3.17. The van der Waals surface area contributed by atoms with Gasteiger partial charge < -0.3 is 14.2 Å². The summed E-state index contributed by atoms with van der Waals surface area (Å²) in [6.07, 6.45) is -1.51. The van der Waals surface area contributed by atoms with Crippen molar-refractivity contribution < 1.29 is 27.8 Å². The van der Waals surface area contributed by atoms with Gasteiger partial charge in [-0.1, -0.05) is 18.2 Å². The third-order valence-corrected chi connectivity index (χ3v) is 3.27. The first-order valence-corrected chi connectivity index (χ1v) is 6.85. The second-order valence-electron chi connectivity index (χ2n) is 4.98. The number of imidazole rings is 1. The number of carbonyl (C=O) groups is 1. The molecule has 2 heterocycles. The summed E-state index contributed by atoms with van der Waals surface area (Å²) in [5, 5.41) is 9.05. The van der Waals surface area contributed by atoms with Gasteiger partial charge in [-0.25, -0.2) is 9.78 Å². The molecule has 1 aromatic carbocycles. The molecule has 24 heavy (non-hydrogen) atoms. The highest BCUT2D eigenvalue weighted by atomic mass is 19.4. The van der Waals surface area contributed by atoms with Crippen LogP contribution in [-0.2, 0) is 0 Å². The number of carboxylic acids is 1. The summed E-state index contributed by atoms with van der Waals surface area (Å²) in [5.74, 6) is -1.14. The molecule has 8 heteroatoms. The quantitative estimate of drug-likeness (QED) is 0.790. The van der Waals surface area contributed by atoms with Crippen LogP contribution in [0.3, 0.4) is 0 Å². The predicted molar refractivity (Wildman–Crippen MR) is 79.1 cm³/mol. The average Bonchev–Trinajstić information content (AvgIpc) is 2.97. The fourth-order valence-corrected chi connectivity index (χ4v) is 2.30. The smallest absolute Gasteiger partial charge is 0.422 e. The molecule has 1 N–H and O–H groups in total. The minimum atomic E-state index is -4.46. The first kappa shape index (κ1) is 15.9. The fourth-order valence-electron chi connectivity index (χ4n) is 2.30. The summed E-state index contributed by atoms with van der Waals surface area (Å²) >= 11 is 0. The number of rotatable bonds is 4. The van der Waals surface area contributed by atoms with Gasteiger partial charge in [0.25, 0.3) is 0 Å². The van der Waals surface area contributed by atoms with E-state index in [2.05, 4.69) is 4.98 Å². The van der Waals surface area contributed by atoms with E-state index in [1.165, 1.54) is 16.7 Å². The molecule has 0 aliphatic rings. The van der Waals surface area contributed by atoms with Gasteiger partial charge >= 0.3 is 12.1 Å². The Morgan fingerprint density at radius 1 is 1.17 bits per heavy atom. The second-order valence-corrected chi connectivity index (χ2v) is 4.98. The molecule has 0 aliphatic heterocycles. The zero-order valence-corrected chi connectivity index (χ0v) is 12.1. The molecule has 0 saturated heterocycles. The Morgan fingerprint density at radius 2 is 1.88 bits per heavy atom. The first-order chi connectivity index (χ1) is 11.3. The normalized spacial score (nSPS) is 11.6. The zero-order valence-electron chi connectivity index (χ0n) is 12.1. The van der Waals surface area contributed by atoms with Crippen molar-refractivity contribution in [1.82, 2.24) is 9.38 Å². The highest BCUT2D eigenvalue weighted by Gasteiger charge is 2.29. The number of hydrogen-bond donors (Lipinski definition) is 1. The lowest BCUT2D eigenvalue weighted by Gasteiger charge is -2.13. The summed E-state index contributed by atoms with van der Waals surface area (Å²) < 4.78 is 43.6. The van der Waals surface area contributed by atoms with Crippen LogP contribution in [0.1, 0.15) is 10.5 Å². The zero-order chi connectivity index (χ0) is 17.3. The van der Waals surface area contributed by atoms with Crippen LogP contribution in [0.15, 0.2) is 48.8 Å². The monoisotopic (exact) mass is 336 g/mol. The van der Waals surface area contributed by atoms with Gasteiger partial charge in [0.05, 0.1) is 0 Å². The van der Waals surface area contributed by atoms with E-state index < -0.39 is 18.8 Å². The van der Waals surface area contributed by atoms with Gasteiger partial charge in [-0.3, -0.25) is 0 Å². The first-order valence-electron chi connectivity index (χ1n) is 6.85. The van der Waals surface area contributed by atoms with Crippen molar-refractivity contribution >= 4 is 11.6 Å². The van der Waals surface area contributed by atoms with Crippen molar-refractivity contribution in [2.45, 2.75) is 6.18 Å². The Kier molecular flexibility index (Phi) is 3.88. The summed E-state index contributed by atoms with van der Waals surface area (Å²) in [6.45, 7) is -1.41. The molecule has 0 aliphatic carbocycles. The lowest BCUT2D eigenvalue weighted by molar-refractivity contribution is -0.153. The number of benzene rings is 1. The van der Waals surface area contributed by atoms with E-state index in [1.54, 1.807) is 36.5 Å². The molecule has 3 aromatic rings. The molecular weight excluding hydrogens is 325 g/mol. The van der Waals surface area contributed by atoms with E-state index >= 15 is 0 Å². The number of fused-ring (bicyclic) bond motifs is 1. The molecule has 3 rings (SSSR count). The van der Waals surface area contributed by atoms with Crippen LogP contribution >= 0.6 is 0 Å². The van der Waals surface area contributed by atoms with Crippen LogP contribution in [0.5, 0.6) is 5.75 Å². The van der Waals surface area contributed by atoms with Crippen molar-refractivity contribution in [2.75, 3.05) is 6.61 Å². The molecule has 0 amide bonds. The van der Waals surface area contributed by atoms with E-state index in [-0.39, 0.29) is 11.4 Å². The topological polar surface area (TPSA) is 63.8 Å². The number of carboxylic acid groups (broad SMARTS) is 1. The standard InChI is InChI=1S/C16H11F3N2O3/c17-16(18,19)9-24-13-6-2-1-4-10(13)11-5-3-7-21-8-12(15(22)23)20-14(11)21/h1-8H,9H2,(H,22,23). The van der Waals surface area contributed by atoms with Gasteiger partial charge in [0.15, 0.2) is 12.3 Å². The van der Waals surface area contributed by atoms with Crippen molar-refractivity contribution in [3.63, 3.8) is 0 Å². The Hall–Kier alpha value is -3.03. The summed E-state index contributed by atoms with van der Waals surface area (Å²) in [5.41, 5.74) is 1.03. The molecule has 0 unspecified atom stereocenters. The van der Waals surface area contributed by atoms with E-state index in [0.29, 0.717) is 16.8 Å². The van der Waals surface area contributed by atoms with Crippen molar-refractivity contribution in [3.05, 3.63) is 54.5 Å². The van der Waals surface area contributed by atoms with Crippen LogP contribution < -0.4 is 4.74 Å². The minimum absolute atomic E-state index is 0.0443. The number of pyridine rings is 1. The van der Waals surface area contributed by atoms with Gasteiger partial charge in [0.1, 0.15) is 11.4 Å². The lowest BCUT2D eigenvalue weighted by Crippen LogP contribution is -2.19. The van der Waals surface area contributed by atoms with Crippen LogP contribution in [0.2, 0.25) is 0 Å². The van der Waals surface area contributed by atoms with Gasteiger partial charge in [-0.05, 0) is 18.2 Å². The predicted octanol–water partition coefficient (Wildman–Crippen LogP) is 3.64. The maximum Gasteiger partial charge on any atom is 0.422 e. The number of nitrogens with zero attached hydrogens (tertiary/aromatic N) is 2. The highest BCUT2D eigenvalue weighted by molar-refractivity contribution is 5.89. The molecule has 0 spiro atoms. The average molecular weight is 336 g/mol. The Bertz CT molecular complexity index is 903. The molecule has 0 radical (unpaired) electrons. The molecule has 124 valence electrons. The third-order valence-electron chi connectivity index (χ3n) is 3.27. The van der Waals surface area contributed by atoms with Gasteiger partial charge in [-0.15, -0.1) is 0 Å². The van der Waals surface area contributed by atoms with Crippen molar-refractivity contribution in [3.8, 4) is 16.9 Å². The number of para-hydroxylation sites is 1. The largest absolute Gasteiger partial charge is 0.483 e. The number of ether oxygens (including phenoxy) is 1. The summed E-state index contributed by atoms with van der Waals surface area (Å²) in [6, 6.07) is 9.52. The van der Waals surface area contributed by atoms with Crippen LogP contribution in [0.25, 0.3) is 16.8 Å². The van der Waals surface area contributed by atoms with Crippen molar-refractivity contribution in [2.24, 2.45) is 0 Å². The maximum atomic E-state index is 12.4. The number of aromatic nitrogens is 2. The van der Waals surface area contributed by atoms with Crippen LogP contribution in [-0.4, -0.2) is 33.2 Å².